The molecule has 0 aromatic rings. The van der Waals surface area contributed by atoms with E-state index in [-0.39, 0.29) is 6.09 Å². The number of carbonyl (C=O) groups excluding carboxylic acids is 1. The van der Waals surface area contributed by atoms with Gasteiger partial charge in [-0.25, -0.2) is 4.79 Å². The Morgan fingerprint density at radius 1 is 0.914 bits per heavy atom. The molecule has 0 aliphatic heterocycles. The van der Waals surface area contributed by atoms with Crippen molar-refractivity contribution < 1.29 is 14.3 Å². The normalized spacial score (nSPS) is 41.6. The predicted octanol–water partition coefficient (Wildman–Crippen LogP) is 7.85. The van der Waals surface area contributed by atoms with Gasteiger partial charge in [-0.15, -0.1) is 0 Å². The van der Waals surface area contributed by atoms with Crippen LogP contribution < -0.4 is 5.32 Å². The van der Waals surface area contributed by atoms with Crippen molar-refractivity contribution in [3.63, 3.8) is 0 Å². The van der Waals surface area contributed by atoms with Crippen LogP contribution in [-0.2, 0) is 9.47 Å². The third-order valence-corrected chi connectivity index (χ3v) is 11.7. The first-order chi connectivity index (χ1) is 16.7. The number of hydrogen-bond acceptors (Lipinski definition) is 3. The monoisotopic (exact) mass is 489 g/mol. The first-order valence-electron chi connectivity index (χ1n) is 15.1. The number of carbonyl (C=O) groups is 1. The highest BCUT2D eigenvalue weighted by Gasteiger charge is 2.60. The average Bonchev–Trinajstić information content (AvgIpc) is 3.18. The molecule has 4 rings (SSSR count). The van der Waals surface area contributed by atoms with Crippen LogP contribution in [0, 0.1) is 52.3 Å². The largest absolute Gasteiger partial charge is 0.447 e. The van der Waals surface area contributed by atoms with E-state index in [2.05, 4.69) is 39.9 Å². The second-order valence-corrected chi connectivity index (χ2v) is 13.8. The van der Waals surface area contributed by atoms with Gasteiger partial charge in [0.05, 0.1) is 12.7 Å². The van der Waals surface area contributed by atoms with Gasteiger partial charge < -0.3 is 14.8 Å². The summed E-state index contributed by atoms with van der Waals surface area (Å²) in [5.41, 5.74) is 1.09. The van der Waals surface area contributed by atoms with Crippen molar-refractivity contribution in [1.82, 2.24) is 5.32 Å². The summed E-state index contributed by atoms with van der Waals surface area (Å²) in [7, 11) is 1.59. The fourth-order valence-electron chi connectivity index (χ4n) is 9.82. The molecule has 2 unspecified atom stereocenters. The van der Waals surface area contributed by atoms with E-state index in [1.165, 1.54) is 77.0 Å². The quantitative estimate of drug-likeness (QED) is 0.335. The van der Waals surface area contributed by atoms with E-state index in [1.54, 1.807) is 7.05 Å². The van der Waals surface area contributed by atoms with Crippen LogP contribution in [0.5, 0.6) is 0 Å². The van der Waals surface area contributed by atoms with Crippen LogP contribution in [0.3, 0.4) is 0 Å². The van der Waals surface area contributed by atoms with Gasteiger partial charge in [-0.1, -0.05) is 53.9 Å². The van der Waals surface area contributed by atoms with Gasteiger partial charge in [0.1, 0.15) is 6.61 Å². The van der Waals surface area contributed by atoms with Crippen LogP contribution >= 0.6 is 0 Å². The number of nitrogens with one attached hydrogen (secondary N) is 1. The fourth-order valence-corrected chi connectivity index (χ4v) is 9.82. The van der Waals surface area contributed by atoms with Crippen molar-refractivity contribution >= 4 is 6.09 Å². The summed E-state index contributed by atoms with van der Waals surface area (Å²) in [5.74, 6) is 6.34. The minimum absolute atomic E-state index is 0.342. The van der Waals surface area contributed by atoms with E-state index in [1.807, 2.05) is 0 Å². The third kappa shape index (κ3) is 5.58. The van der Waals surface area contributed by atoms with Gasteiger partial charge in [-0.2, -0.15) is 0 Å². The number of ether oxygens (including phenoxy) is 2. The maximum Gasteiger partial charge on any atom is 0.406 e. The highest BCUT2D eigenvalue weighted by atomic mass is 16.6. The summed E-state index contributed by atoms with van der Waals surface area (Å²) in [4.78, 5) is 11.3. The molecule has 0 bridgehead atoms. The van der Waals surface area contributed by atoms with Crippen LogP contribution in [0.2, 0.25) is 0 Å². The summed E-state index contributed by atoms with van der Waals surface area (Å²) >= 11 is 0. The average molecular weight is 490 g/mol. The Labute approximate surface area is 216 Å². The minimum atomic E-state index is -0.369. The Bertz CT molecular complexity index is 709. The molecule has 202 valence electrons. The molecule has 4 nitrogen and oxygen atoms in total. The van der Waals surface area contributed by atoms with Crippen molar-refractivity contribution in [2.24, 2.45) is 52.3 Å². The lowest BCUT2D eigenvalue weighted by Crippen LogP contribution is -2.54. The Morgan fingerprint density at radius 3 is 2.40 bits per heavy atom. The number of amides is 1. The highest BCUT2D eigenvalue weighted by Crippen LogP contribution is 2.68. The maximum atomic E-state index is 11.3. The van der Waals surface area contributed by atoms with Crippen molar-refractivity contribution in [2.75, 3.05) is 20.3 Å². The summed E-state index contributed by atoms with van der Waals surface area (Å²) in [6, 6.07) is 0. The number of fused-ring (bicyclic) bond motifs is 5. The maximum absolute atomic E-state index is 11.3. The number of hydrogen-bond donors (Lipinski definition) is 1. The molecule has 35 heavy (non-hydrogen) atoms. The Balaban J connectivity index is 1.33. The Kier molecular flexibility index (Phi) is 8.82. The van der Waals surface area contributed by atoms with Gasteiger partial charge >= 0.3 is 6.09 Å². The zero-order chi connectivity index (χ0) is 25.2. The molecule has 1 N–H and O–H groups in total. The van der Waals surface area contributed by atoms with Crippen molar-refractivity contribution in [1.29, 1.82) is 0 Å². The third-order valence-electron chi connectivity index (χ3n) is 11.7. The molecule has 4 aliphatic rings. The molecule has 4 saturated carbocycles. The lowest BCUT2D eigenvalue weighted by molar-refractivity contribution is -0.138. The van der Waals surface area contributed by atoms with Crippen molar-refractivity contribution in [2.45, 2.75) is 118 Å². The molecule has 4 fully saturated rings. The summed E-state index contributed by atoms with van der Waals surface area (Å²) < 4.78 is 11.3. The molecule has 4 aliphatic carbocycles. The lowest BCUT2D eigenvalue weighted by atomic mass is 9.44. The first kappa shape index (κ1) is 27.3. The van der Waals surface area contributed by atoms with Crippen molar-refractivity contribution in [3.8, 4) is 0 Å². The molecule has 0 aromatic heterocycles. The van der Waals surface area contributed by atoms with E-state index in [9.17, 15) is 4.79 Å². The molecular weight excluding hydrogens is 434 g/mol. The van der Waals surface area contributed by atoms with Crippen LogP contribution in [0.15, 0.2) is 0 Å². The van der Waals surface area contributed by atoms with Gasteiger partial charge in [0.15, 0.2) is 0 Å². The van der Waals surface area contributed by atoms with Gasteiger partial charge in [0.25, 0.3) is 0 Å². The Hall–Kier alpha value is -0.770. The van der Waals surface area contributed by atoms with Crippen LogP contribution in [0.1, 0.15) is 112 Å². The van der Waals surface area contributed by atoms with Gasteiger partial charge in [0.2, 0.25) is 0 Å². The predicted molar refractivity (Wildman–Crippen MR) is 143 cm³/mol. The molecule has 0 aromatic carbocycles. The molecule has 0 heterocycles. The van der Waals surface area contributed by atoms with Crippen LogP contribution in [-0.4, -0.2) is 32.5 Å². The van der Waals surface area contributed by atoms with E-state index in [0.29, 0.717) is 30.1 Å². The van der Waals surface area contributed by atoms with Crippen molar-refractivity contribution in [3.05, 3.63) is 0 Å². The Morgan fingerprint density at radius 2 is 1.66 bits per heavy atom. The molecule has 1 amide bonds. The van der Waals surface area contributed by atoms with E-state index < -0.39 is 0 Å². The highest BCUT2D eigenvalue weighted by molar-refractivity contribution is 5.66. The van der Waals surface area contributed by atoms with Gasteiger partial charge in [0, 0.05) is 7.05 Å². The summed E-state index contributed by atoms with van der Waals surface area (Å²) in [6.07, 6.45) is 16.7. The number of rotatable bonds is 9. The SMILES string of the molecule is CNC(=O)OCCOC1CC[C@@]2(C)C(CC[C@H]3[C@@H]4CC[C@H]([C@H](C)CCCC(C)C)[C@@]4(C)CC[C@@H]32)C1. The molecule has 9 atom stereocenters. The van der Waals surface area contributed by atoms with Gasteiger partial charge in [-0.05, 0) is 110 Å². The second-order valence-electron chi connectivity index (χ2n) is 13.8. The summed E-state index contributed by atoms with van der Waals surface area (Å²) in [6.45, 7) is 13.6. The zero-order valence-corrected chi connectivity index (χ0v) is 23.7. The minimum Gasteiger partial charge on any atom is -0.447 e. The number of alkyl carbamates (subject to hydrolysis) is 1. The topological polar surface area (TPSA) is 47.6 Å². The van der Waals surface area contributed by atoms with E-state index >= 15 is 0 Å². The first-order valence-corrected chi connectivity index (χ1v) is 15.1. The van der Waals surface area contributed by atoms with E-state index in [4.69, 9.17) is 9.47 Å². The fraction of sp³-hybridized carbons (Fsp3) is 0.968. The molecule has 4 heteroatoms. The summed E-state index contributed by atoms with van der Waals surface area (Å²) in [5, 5.41) is 2.50. The molecule has 0 saturated heterocycles. The van der Waals surface area contributed by atoms with Gasteiger partial charge in [-0.3, -0.25) is 0 Å². The smallest absolute Gasteiger partial charge is 0.406 e. The standard InChI is InChI=1S/C31H55NO3/c1-21(2)8-7-9-22(3)26-12-13-27-25-11-10-23-20-24(34-18-19-35-29(33)32-6)14-16-30(23,4)28(25)15-17-31(26,27)5/h21-28H,7-20H2,1-6H3,(H,32,33)/t22-,23?,24?,25+,26-,27+,28+,30+,31-/m1/s1. The molecule has 0 spiro atoms. The van der Waals surface area contributed by atoms with Crippen LogP contribution in [0.25, 0.3) is 0 Å². The zero-order valence-electron chi connectivity index (χ0n) is 23.7. The van der Waals surface area contributed by atoms with E-state index in [0.717, 1.165) is 41.4 Å². The molecule has 0 radical (unpaired) electrons. The van der Waals surface area contributed by atoms with Crippen LogP contribution in [0.4, 0.5) is 4.79 Å². The second kappa shape index (κ2) is 11.3. The molecular formula is C31H55NO3. The lowest BCUT2D eigenvalue weighted by Gasteiger charge is -2.61.